The molecule has 0 atom stereocenters. The monoisotopic (exact) mass is 373 g/mol. The molecule has 1 N–H and O–H groups in total. The molecule has 1 rings (SSSR count). The zero-order chi connectivity index (χ0) is 15.6. The van der Waals surface area contributed by atoms with Crippen molar-refractivity contribution in [2.75, 3.05) is 18.1 Å². The first kappa shape index (κ1) is 17.4. The van der Waals surface area contributed by atoms with Crippen molar-refractivity contribution in [3.63, 3.8) is 0 Å². The first-order chi connectivity index (χ1) is 9.06. The summed E-state index contributed by atoms with van der Waals surface area (Å²) in [5, 5.41) is 6.55. The highest BCUT2D eigenvalue weighted by molar-refractivity contribution is 9.10. The Balaban J connectivity index is 2.93. The van der Waals surface area contributed by atoms with Crippen LogP contribution in [0.3, 0.4) is 0 Å². The minimum absolute atomic E-state index is 0.0497. The van der Waals surface area contributed by atoms with Gasteiger partial charge in [-0.25, -0.2) is 4.68 Å². The lowest BCUT2D eigenvalue weighted by Crippen LogP contribution is -2.32. The summed E-state index contributed by atoms with van der Waals surface area (Å²) in [5.41, 5.74) is -0.426. The number of hydrogen-bond acceptors (Lipinski definition) is 4. The van der Waals surface area contributed by atoms with E-state index >= 15 is 0 Å². The highest BCUT2D eigenvalue weighted by Crippen LogP contribution is 2.24. The summed E-state index contributed by atoms with van der Waals surface area (Å²) in [4.78, 5) is 11.8. The summed E-state index contributed by atoms with van der Waals surface area (Å²) in [6.07, 6.45) is -1.31. The minimum Gasteiger partial charge on any atom is -0.381 e. The van der Waals surface area contributed by atoms with Gasteiger partial charge in [-0.3, -0.25) is 4.79 Å². The van der Waals surface area contributed by atoms with Crippen LogP contribution < -0.4 is 10.9 Å². The lowest BCUT2D eigenvalue weighted by molar-refractivity contribution is -0.143. The van der Waals surface area contributed by atoms with Crippen LogP contribution in [0.1, 0.15) is 13.8 Å². The van der Waals surface area contributed by atoms with Gasteiger partial charge >= 0.3 is 6.18 Å². The van der Waals surface area contributed by atoms with Crippen LogP contribution in [0.5, 0.6) is 0 Å². The number of nitrogens with one attached hydrogen (secondary N) is 1. The molecule has 0 saturated heterocycles. The summed E-state index contributed by atoms with van der Waals surface area (Å²) in [7, 11) is 0. The summed E-state index contributed by atoms with van der Waals surface area (Å²) < 4.78 is 37.2. The van der Waals surface area contributed by atoms with Crippen molar-refractivity contribution >= 4 is 33.4 Å². The van der Waals surface area contributed by atoms with E-state index in [1.54, 1.807) is 11.8 Å². The number of aromatic nitrogens is 2. The van der Waals surface area contributed by atoms with Gasteiger partial charge in [-0.2, -0.15) is 30.0 Å². The molecule has 0 fully saturated rings. The third kappa shape index (κ3) is 5.01. The van der Waals surface area contributed by atoms with E-state index in [1.165, 1.54) is 6.20 Å². The molecule has 4 nitrogen and oxygen atoms in total. The highest BCUT2D eigenvalue weighted by Gasteiger charge is 2.29. The molecule has 0 bridgehead atoms. The largest absolute Gasteiger partial charge is 0.408 e. The Kier molecular flexibility index (Phi) is 5.54. The van der Waals surface area contributed by atoms with Crippen LogP contribution in [0.25, 0.3) is 0 Å². The van der Waals surface area contributed by atoms with Crippen LogP contribution in [0, 0.1) is 0 Å². The zero-order valence-electron chi connectivity index (χ0n) is 11.2. The molecule has 0 aliphatic heterocycles. The Hall–Kier alpha value is -0.700. The molecule has 114 valence electrons. The molecule has 0 unspecified atom stereocenters. The molecule has 0 aliphatic carbocycles. The smallest absolute Gasteiger partial charge is 0.381 e. The first-order valence-electron chi connectivity index (χ1n) is 5.67. The average Bonchev–Trinajstić information content (AvgIpc) is 2.33. The molecular weight excluding hydrogens is 359 g/mol. The third-order valence-electron chi connectivity index (χ3n) is 2.57. The number of hydrogen-bond donors (Lipinski definition) is 1. The van der Waals surface area contributed by atoms with E-state index in [9.17, 15) is 18.0 Å². The molecule has 9 heteroatoms. The van der Waals surface area contributed by atoms with E-state index in [-0.39, 0.29) is 9.22 Å². The first-order valence-corrected chi connectivity index (χ1v) is 7.69. The van der Waals surface area contributed by atoms with E-state index in [2.05, 4.69) is 26.3 Å². The molecular formula is C11H15BrF3N3OS. The Bertz CT molecular complexity index is 531. The van der Waals surface area contributed by atoms with Gasteiger partial charge in [0.1, 0.15) is 11.0 Å². The number of anilines is 1. The SMILES string of the molecule is CSC(C)(C)CNc1cnn(CC(F)(F)F)c(=O)c1Br. The Morgan fingerprint density at radius 3 is 2.55 bits per heavy atom. The summed E-state index contributed by atoms with van der Waals surface area (Å²) in [5.74, 6) is 0. The lowest BCUT2D eigenvalue weighted by atomic mass is 10.2. The maximum atomic E-state index is 12.3. The lowest BCUT2D eigenvalue weighted by Gasteiger charge is -2.23. The summed E-state index contributed by atoms with van der Waals surface area (Å²) >= 11 is 4.66. The van der Waals surface area contributed by atoms with E-state index < -0.39 is 18.3 Å². The van der Waals surface area contributed by atoms with Crippen molar-refractivity contribution in [3.05, 3.63) is 21.0 Å². The maximum Gasteiger partial charge on any atom is 0.408 e. The van der Waals surface area contributed by atoms with Crippen molar-refractivity contribution in [2.24, 2.45) is 0 Å². The second-order valence-electron chi connectivity index (χ2n) is 4.77. The van der Waals surface area contributed by atoms with Crippen LogP contribution in [0.2, 0.25) is 0 Å². The minimum atomic E-state index is -4.48. The van der Waals surface area contributed by atoms with Crippen molar-refractivity contribution in [2.45, 2.75) is 31.3 Å². The van der Waals surface area contributed by atoms with Gasteiger partial charge in [0.2, 0.25) is 0 Å². The fourth-order valence-electron chi connectivity index (χ4n) is 1.25. The van der Waals surface area contributed by atoms with Crippen LogP contribution >= 0.6 is 27.7 Å². The van der Waals surface area contributed by atoms with Gasteiger partial charge in [-0.1, -0.05) is 0 Å². The highest BCUT2D eigenvalue weighted by atomic mass is 79.9. The average molecular weight is 374 g/mol. The number of alkyl halides is 3. The number of thioether (sulfide) groups is 1. The molecule has 1 aromatic rings. The molecule has 1 heterocycles. The second kappa shape index (κ2) is 6.38. The zero-order valence-corrected chi connectivity index (χ0v) is 13.6. The van der Waals surface area contributed by atoms with Crippen LogP contribution in [-0.4, -0.2) is 33.5 Å². The molecule has 0 aromatic carbocycles. The normalized spacial score (nSPS) is 12.6. The number of halogens is 4. The second-order valence-corrected chi connectivity index (χ2v) is 7.07. The number of nitrogens with zero attached hydrogens (tertiary/aromatic N) is 2. The Labute approximate surface area is 127 Å². The van der Waals surface area contributed by atoms with Gasteiger partial charge in [-0.15, -0.1) is 0 Å². The van der Waals surface area contributed by atoms with Crippen LogP contribution in [0.4, 0.5) is 18.9 Å². The fraction of sp³-hybridized carbons (Fsp3) is 0.636. The van der Waals surface area contributed by atoms with Gasteiger partial charge in [0, 0.05) is 11.3 Å². The molecule has 1 aromatic heterocycles. The van der Waals surface area contributed by atoms with E-state index in [1.807, 2.05) is 20.1 Å². The predicted molar refractivity (Wildman–Crippen MR) is 78.3 cm³/mol. The van der Waals surface area contributed by atoms with Gasteiger partial charge in [0.15, 0.2) is 0 Å². The van der Waals surface area contributed by atoms with Crippen molar-refractivity contribution in [1.29, 1.82) is 0 Å². The summed E-state index contributed by atoms with van der Waals surface area (Å²) in [6.45, 7) is 3.17. The number of rotatable bonds is 5. The standard InChI is InChI=1S/C11H15BrF3N3OS/c1-10(2,20-3)5-16-7-4-17-18(6-11(13,14)15)9(19)8(7)12/h4,16H,5-6H2,1-3H3. The predicted octanol–water partition coefficient (Wildman–Crippen LogP) is 3.12. The van der Waals surface area contributed by atoms with E-state index in [0.29, 0.717) is 16.9 Å². The quantitative estimate of drug-likeness (QED) is 0.861. The Morgan fingerprint density at radius 2 is 2.05 bits per heavy atom. The molecule has 20 heavy (non-hydrogen) atoms. The molecule has 0 radical (unpaired) electrons. The molecule has 0 aliphatic rings. The summed E-state index contributed by atoms with van der Waals surface area (Å²) in [6, 6.07) is 0. The topological polar surface area (TPSA) is 46.9 Å². The van der Waals surface area contributed by atoms with Gasteiger partial charge in [0.05, 0.1) is 11.9 Å². The van der Waals surface area contributed by atoms with Crippen LogP contribution in [-0.2, 0) is 6.54 Å². The van der Waals surface area contributed by atoms with E-state index in [4.69, 9.17) is 0 Å². The molecule has 0 saturated carbocycles. The van der Waals surface area contributed by atoms with Gasteiger partial charge in [-0.05, 0) is 36.0 Å². The van der Waals surface area contributed by atoms with Crippen LogP contribution in [0.15, 0.2) is 15.5 Å². The third-order valence-corrected chi connectivity index (χ3v) is 4.59. The van der Waals surface area contributed by atoms with Gasteiger partial charge in [0.25, 0.3) is 5.56 Å². The van der Waals surface area contributed by atoms with Crippen molar-refractivity contribution in [1.82, 2.24) is 9.78 Å². The van der Waals surface area contributed by atoms with Crippen molar-refractivity contribution in [3.8, 4) is 0 Å². The Morgan fingerprint density at radius 1 is 1.45 bits per heavy atom. The fourth-order valence-corrected chi connectivity index (χ4v) is 1.91. The molecule has 0 spiro atoms. The van der Waals surface area contributed by atoms with E-state index in [0.717, 1.165) is 0 Å². The van der Waals surface area contributed by atoms with Crippen molar-refractivity contribution < 1.29 is 13.2 Å². The maximum absolute atomic E-state index is 12.3. The van der Waals surface area contributed by atoms with Gasteiger partial charge < -0.3 is 5.32 Å². The molecule has 0 amide bonds.